The zero-order valence-electron chi connectivity index (χ0n) is 9.74. The molecule has 13 heavy (non-hydrogen) atoms. The maximum absolute atomic E-state index is 3.58. The highest BCUT2D eigenvalue weighted by Crippen LogP contribution is 2.46. The molecule has 1 nitrogen and oxygen atoms in total. The van der Waals surface area contributed by atoms with E-state index in [0.29, 0.717) is 5.54 Å². The molecule has 1 rings (SSSR count). The van der Waals surface area contributed by atoms with Crippen LogP contribution in [0.3, 0.4) is 0 Å². The van der Waals surface area contributed by atoms with E-state index in [4.69, 9.17) is 0 Å². The monoisotopic (exact) mass is 183 g/mol. The predicted octanol–water partition coefficient (Wildman–Crippen LogP) is 3.34. The van der Waals surface area contributed by atoms with E-state index in [-0.39, 0.29) is 0 Å². The fraction of sp³-hybridized carbons (Fsp3) is 1.00. The van der Waals surface area contributed by atoms with Crippen LogP contribution in [0.5, 0.6) is 0 Å². The highest BCUT2D eigenvalue weighted by molar-refractivity contribution is 4.87. The van der Waals surface area contributed by atoms with Gasteiger partial charge in [0, 0.05) is 5.54 Å². The minimum absolute atomic E-state index is 0.290. The Morgan fingerprint density at radius 1 is 1.23 bits per heavy atom. The van der Waals surface area contributed by atoms with Crippen molar-refractivity contribution in [3.8, 4) is 0 Å². The van der Waals surface area contributed by atoms with Gasteiger partial charge in [-0.2, -0.15) is 0 Å². The molecule has 1 heteroatoms. The van der Waals surface area contributed by atoms with Crippen molar-refractivity contribution >= 4 is 0 Å². The van der Waals surface area contributed by atoms with E-state index < -0.39 is 0 Å². The van der Waals surface area contributed by atoms with Crippen LogP contribution in [0.4, 0.5) is 0 Å². The molecule has 78 valence electrons. The van der Waals surface area contributed by atoms with Gasteiger partial charge in [0.15, 0.2) is 0 Å². The maximum Gasteiger partial charge on any atom is 0.00965 e. The van der Waals surface area contributed by atoms with Crippen LogP contribution in [-0.4, -0.2) is 12.1 Å². The van der Waals surface area contributed by atoms with Crippen LogP contribution < -0.4 is 5.32 Å². The Balaban J connectivity index is 2.18. The number of hydrogen-bond acceptors (Lipinski definition) is 1. The molecule has 1 aliphatic carbocycles. The number of nitrogens with one attached hydrogen (secondary N) is 1. The molecule has 0 unspecified atom stereocenters. The van der Waals surface area contributed by atoms with Crippen LogP contribution in [0.15, 0.2) is 0 Å². The summed E-state index contributed by atoms with van der Waals surface area (Å²) in [5, 5.41) is 3.58. The summed E-state index contributed by atoms with van der Waals surface area (Å²) in [6.07, 6.45) is 7.15. The number of hydrogen-bond donors (Lipinski definition) is 1. The van der Waals surface area contributed by atoms with Gasteiger partial charge in [-0.1, -0.05) is 19.8 Å². The molecule has 1 fully saturated rings. The highest BCUT2D eigenvalue weighted by atomic mass is 14.9. The Hall–Kier alpha value is -0.0400. The van der Waals surface area contributed by atoms with Crippen molar-refractivity contribution in [2.75, 3.05) is 6.54 Å². The van der Waals surface area contributed by atoms with Crippen LogP contribution in [0.25, 0.3) is 0 Å². The topological polar surface area (TPSA) is 12.0 Å². The van der Waals surface area contributed by atoms with Gasteiger partial charge in [-0.3, -0.25) is 0 Å². The van der Waals surface area contributed by atoms with E-state index in [1.54, 1.807) is 0 Å². The Kier molecular flexibility index (Phi) is 3.39. The minimum Gasteiger partial charge on any atom is -0.312 e. The van der Waals surface area contributed by atoms with Gasteiger partial charge in [0.25, 0.3) is 0 Å². The Bertz CT molecular complexity index is 145. The summed E-state index contributed by atoms with van der Waals surface area (Å²) in [7, 11) is 0. The van der Waals surface area contributed by atoms with Crippen LogP contribution in [0.2, 0.25) is 0 Å². The van der Waals surface area contributed by atoms with Gasteiger partial charge in [0.05, 0.1) is 0 Å². The van der Waals surface area contributed by atoms with Crippen molar-refractivity contribution < 1.29 is 0 Å². The third-order valence-electron chi connectivity index (χ3n) is 3.47. The van der Waals surface area contributed by atoms with Gasteiger partial charge in [-0.15, -0.1) is 0 Å². The lowest BCUT2D eigenvalue weighted by atomic mass is 9.65. The van der Waals surface area contributed by atoms with Crippen molar-refractivity contribution in [1.82, 2.24) is 5.32 Å². The smallest absolute Gasteiger partial charge is 0.00965 e. The average Bonchev–Trinajstić information content (AvgIpc) is 1.92. The lowest BCUT2D eigenvalue weighted by Gasteiger charge is -2.42. The van der Waals surface area contributed by atoms with Crippen LogP contribution >= 0.6 is 0 Å². The summed E-state index contributed by atoms with van der Waals surface area (Å²) >= 11 is 0. The fourth-order valence-electron chi connectivity index (χ4n) is 2.16. The molecular formula is C12H25N. The first kappa shape index (κ1) is 11.0. The van der Waals surface area contributed by atoms with Gasteiger partial charge < -0.3 is 5.32 Å². The molecule has 1 N–H and O–H groups in total. The molecule has 1 saturated carbocycles. The van der Waals surface area contributed by atoms with Crippen molar-refractivity contribution in [2.24, 2.45) is 5.41 Å². The zero-order chi connectivity index (χ0) is 9.95. The Morgan fingerprint density at radius 2 is 1.85 bits per heavy atom. The predicted molar refractivity (Wildman–Crippen MR) is 58.9 cm³/mol. The van der Waals surface area contributed by atoms with Crippen molar-refractivity contribution in [2.45, 2.75) is 65.3 Å². The second-order valence-corrected chi connectivity index (χ2v) is 5.63. The lowest BCUT2D eigenvalue weighted by Crippen LogP contribution is -2.40. The van der Waals surface area contributed by atoms with Crippen LogP contribution in [0, 0.1) is 5.41 Å². The average molecular weight is 183 g/mol. The van der Waals surface area contributed by atoms with E-state index in [1.807, 2.05) is 0 Å². The quantitative estimate of drug-likeness (QED) is 0.705. The first-order chi connectivity index (χ1) is 5.97. The molecule has 0 heterocycles. The molecule has 0 aliphatic heterocycles. The molecule has 0 aromatic rings. The van der Waals surface area contributed by atoms with E-state index >= 15 is 0 Å². The molecule has 0 saturated heterocycles. The molecule has 0 radical (unpaired) electrons. The van der Waals surface area contributed by atoms with Crippen molar-refractivity contribution in [3.05, 3.63) is 0 Å². The summed E-state index contributed by atoms with van der Waals surface area (Å²) in [6, 6.07) is 0. The first-order valence-corrected chi connectivity index (χ1v) is 5.72. The third-order valence-corrected chi connectivity index (χ3v) is 3.47. The van der Waals surface area contributed by atoms with Crippen LogP contribution in [-0.2, 0) is 0 Å². The molecule has 0 bridgehead atoms. The van der Waals surface area contributed by atoms with E-state index in [0.717, 1.165) is 5.41 Å². The Morgan fingerprint density at radius 3 is 2.15 bits per heavy atom. The van der Waals surface area contributed by atoms with Gasteiger partial charge >= 0.3 is 0 Å². The summed E-state index contributed by atoms with van der Waals surface area (Å²) in [4.78, 5) is 0. The van der Waals surface area contributed by atoms with Crippen LogP contribution in [0.1, 0.15) is 59.8 Å². The van der Waals surface area contributed by atoms with Gasteiger partial charge in [-0.05, 0) is 52.0 Å². The normalized spacial score (nSPS) is 21.2. The summed E-state index contributed by atoms with van der Waals surface area (Å²) in [5.74, 6) is 0. The molecule has 0 aromatic heterocycles. The summed E-state index contributed by atoms with van der Waals surface area (Å²) in [5.41, 5.74) is 1.01. The van der Waals surface area contributed by atoms with Crippen molar-refractivity contribution in [1.29, 1.82) is 0 Å². The lowest BCUT2D eigenvalue weighted by molar-refractivity contribution is 0.110. The molecule has 0 amide bonds. The van der Waals surface area contributed by atoms with E-state index in [9.17, 15) is 0 Å². The van der Waals surface area contributed by atoms with Gasteiger partial charge in [-0.25, -0.2) is 0 Å². The highest BCUT2D eigenvalue weighted by Gasteiger charge is 2.34. The first-order valence-electron chi connectivity index (χ1n) is 5.72. The third kappa shape index (κ3) is 3.30. The minimum atomic E-state index is 0.290. The van der Waals surface area contributed by atoms with Gasteiger partial charge in [0.1, 0.15) is 0 Å². The van der Waals surface area contributed by atoms with Crippen molar-refractivity contribution in [3.63, 3.8) is 0 Å². The maximum atomic E-state index is 3.58. The molecule has 0 aromatic carbocycles. The standard InChI is InChI=1S/C12H25N/c1-5-12(7-6-8-12)9-10-13-11(2,3)4/h13H,5-10H2,1-4H3. The molecule has 0 spiro atoms. The fourth-order valence-corrected chi connectivity index (χ4v) is 2.16. The zero-order valence-corrected chi connectivity index (χ0v) is 9.74. The Labute approximate surface area is 83.3 Å². The SMILES string of the molecule is CCC1(CCNC(C)(C)C)CCC1. The van der Waals surface area contributed by atoms with E-state index in [1.165, 1.54) is 38.6 Å². The molecule has 1 aliphatic rings. The van der Waals surface area contributed by atoms with Gasteiger partial charge in [0.2, 0.25) is 0 Å². The second kappa shape index (κ2) is 4.00. The summed E-state index contributed by atoms with van der Waals surface area (Å²) in [6.45, 7) is 10.3. The summed E-state index contributed by atoms with van der Waals surface area (Å²) < 4.78 is 0. The van der Waals surface area contributed by atoms with E-state index in [2.05, 4.69) is 33.0 Å². The molecule has 0 atom stereocenters. The largest absolute Gasteiger partial charge is 0.312 e. The number of rotatable bonds is 4. The second-order valence-electron chi connectivity index (χ2n) is 5.63. The molecular weight excluding hydrogens is 158 g/mol.